The molecular formula is C29H28N2O7. The van der Waals surface area contributed by atoms with E-state index in [1.807, 2.05) is 6.92 Å². The molecule has 0 aliphatic carbocycles. The number of nitrogens with one attached hydrogen (secondary N) is 1. The Morgan fingerprint density at radius 2 is 1.47 bits per heavy atom. The maximum absolute atomic E-state index is 13.5. The van der Waals surface area contributed by atoms with Crippen LogP contribution in [0.1, 0.15) is 22.8 Å². The average molecular weight is 517 g/mol. The summed E-state index contributed by atoms with van der Waals surface area (Å²) in [5.41, 5.74) is 0.754. The van der Waals surface area contributed by atoms with Gasteiger partial charge in [0.15, 0.2) is 17.3 Å². The van der Waals surface area contributed by atoms with Crippen LogP contribution < -0.4 is 29.7 Å². The Balaban J connectivity index is 1.77. The zero-order chi connectivity index (χ0) is 27.2. The Bertz CT molecular complexity index is 1520. The number of hydrogen-bond donors (Lipinski definition) is 1. The van der Waals surface area contributed by atoms with Crippen molar-refractivity contribution < 1.29 is 28.5 Å². The number of carbonyl (C=O) groups is 2. The lowest BCUT2D eigenvalue weighted by Crippen LogP contribution is -2.24. The third-order valence-corrected chi connectivity index (χ3v) is 5.95. The van der Waals surface area contributed by atoms with Gasteiger partial charge in [-0.2, -0.15) is 0 Å². The highest BCUT2D eigenvalue weighted by Crippen LogP contribution is 2.31. The first-order chi connectivity index (χ1) is 18.4. The Morgan fingerprint density at radius 3 is 2.08 bits per heavy atom. The Kier molecular flexibility index (Phi) is 7.96. The Morgan fingerprint density at radius 1 is 0.842 bits per heavy atom. The number of benzene rings is 3. The van der Waals surface area contributed by atoms with Gasteiger partial charge in [0.1, 0.15) is 18.0 Å². The number of ether oxygens (including phenoxy) is 4. The molecule has 0 aliphatic heterocycles. The summed E-state index contributed by atoms with van der Waals surface area (Å²) in [4.78, 5) is 39.9. The van der Waals surface area contributed by atoms with E-state index in [9.17, 15) is 14.4 Å². The van der Waals surface area contributed by atoms with Crippen molar-refractivity contribution in [2.75, 3.05) is 33.3 Å². The zero-order valence-corrected chi connectivity index (χ0v) is 21.6. The van der Waals surface area contributed by atoms with Gasteiger partial charge in [-0.15, -0.1) is 0 Å². The van der Waals surface area contributed by atoms with Crippen LogP contribution in [0.5, 0.6) is 23.0 Å². The van der Waals surface area contributed by atoms with Crippen molar-refractivity contribution in [2.45, 2.75) is 13.5 Å². The molecular weight excluding hydrogens is 488 g/mol. The minimum atomic E-state index is -0.480. The molecule has 0 aliphatic rings. The summed E-state index contributed by atoms with van der Waals surface area (Å²) in [7, 11) is 4.50. The van der Waals surface area contributed by atoms with E-state index in [0.29, 0.717) is 46.4 Å². The van der Waals surface area contributed by atoms with Gasteiger partial charge in [-0.25, -0.2) is 0 Å². The third-order valence-electron chi connectivity index (χ3n) is 5.95. The van der Waals surface area contributed by atoms with E-state index in [1.54, 1.807) is 66.3 Å². The van der Waals surface area contributed by atoms with Crippen molar-refractivity contribution in [3.63, 3.8) is 0 Å². The summed E-state index contributed by atoms with van der Waals surface area (Å²) in [6.07, 6.45) is 1.41. The van der Waals surface area contributed by atoms with E-state index in [2.05, 4.69) is 5.32 Å². The second kappa shape index (κ2) is 11.5. The second-order valence-corrected chi connectivity index (χ2v) is 8.29. The van der Waals surface area contributed by atoms with Crippen molar-refractivity contribution in [3.05, 3.63) is 88.2 Å². The Labute approximate surface area is 219 Å². The van der Waals surface area contributed by atoms with Gasteiger partial charge in [0.05, 0.1) is 44.4 Å². The fraction of sp³-hybridized carbons (Fsp3) is 0.207. The summed E-state index contributed by atoms with van der Waals surface area (Å²) in [5, 5.41) is 3.04. The number of carbonyl (C=O) groups excluding carboxylic acids is 2. The normalized spacial score (nSPS) is 10.6. The monoisotopic (exact) mass is 516 g/mol. The van der Waals surface area contributed by atoms with E-state index in [-0.39, 0.29) is 23.4 Å². The SMILES string of the molecule is CCOc1ccc(C(=O)c2cn(CC(=O)Nc3ccc(OC)cc3)c3cc(OC)c(OC)cc3c2=O)cc1. The predicted molar refractivity (Wildman–Crippen MR) is 144 cm³/mol. The van der Waals surface area contributed by atoms with Crippen molar-refractivity contribution in [3.8, 4) is 23.0 Å². The molecule has 38 heavy (non-hydrogen) atoms. The van der Waals surface area contributed by atoms with Crippen LogP contribution in [0.2, 0.25) is 0 Å². The van der Waals surface area contributed by atoms with Crippen molar-refractivity contribution >= 4 is 28.3 Å². The van der Waals surface area contributed by atoms with Crippen LogP contribution in [0.15, 0.2) is 71.7 Å². The number of rotatable bonds is 10. The number of aromatic nitrogens is 1. The molecule has 1 amide bonds. The lowest BCUT2D eigenvalue weighted by atomic mass is 10.0. The summed E-state index contributed by atoms with van der Waals surface area (Å²) in [6.45, 7) is 2.19. The number of ketones is 1. The van der Waals surface area contributed by atoms with Crippen LogP contribution in [-0.4, -0.2) is 44.2 Å². The second-order valence-electron chi connectivity index (χ2n) is 8.29. The highest BCUT2D eigenvalue weighted by atomic mass is 16.5. The number of hydrogen-bond acceptors (Lipinski definition) is 7. The number of methoxy groups -OCH3 is 3. The van der Waals surface area contributed by atoms with Gasteiger partial charge in [0.2, 0.25) is 11.3 Å². The summed E-state index contributed by atoms with van der Waals surface area (Å²) < 4.78 is 22.9. The largest absolute Gasteiger partial charge is 0.497 e. The van der Waals surface area contributed by atoms with Crippen molar-refractivity contribution in [1.82, 2.24) is 4.57 Å². The van der Waals surface area contributed by atoms with Crippen LogP contribution in [0.25, 0.3) is 10.9 Å². The maximum atomic E-state index is 13.5. The quantitative estimate of drug-likeness (QED) is 0.314. The molecule has 1 aromatic heterocycles. The highest BCUT2D eigenvalue weighted by Gasteiger charge is 2.20. The molecule has 4 aromatic rings. The molecule has 196 valence electrons. The van der Waals surface area contributed by atoms with Gasteiger partial charge >= 0.3 is 0 Å². The molecule has 0 unspecified atom stereocenters. The van der Waals surface area contributed by atoms with E-state index in [1.165, 1.54) is 26.5 Å². The number of amides is 1. The first kappa shape index (κ1) is 26.3. The standard InChI is InChI=1S/C29H28N2O7/c1-5-38-21-10-6-18(7-11-21)28(33)23-16-31(17-27(32)30-19-8-12-20(35-2)13-9-19)24-15-26(37-4)25(36-3)14-22(24)29(23)34/h6-16H,5,17H2,1-4H3,(H,30,32). The van der Waals surface area contributed by atoms with Crippen molar-refractivity contribution in [2.24, 2.45) is 0 Å². The van der Waals surface area contributed by atoms with Gasteiger partial charge in [-0.1, -0.05) is 0 Å². The lowest BCUT2D eigenvalue weighted by molar-refractivity contribution is -0.116. The molecule has 9 nitrogen and oxygen atoms in total. The fourth-order valence-electron chi connectivity index (χ4n) is 4.06. The van der Waals surface area contributed by atoms with Crippen LogP contribution >= 0.6 is 0 Å². The number of pyridine rings is 1. The van der Waals surface area contributed by atoms with Crippen LogP contribution in [-0.2, 0) is 11.3 Å². The molecule has 0 saturated heterocycles. The minimum Gasteiger partial charge on any atom is -0.497 e. The van der Waals surface area contributed by atoms with E-state index in [4.69, 9.17) is 18.9 Å². The molecule has 0 atom stereocenters. The molecule has 9 heteroatoms. The van der Waals surface area contributed by atoms with Gasteiger partial charge < -0.3 is 28.8 Å². The fourth-order valence-corrected chi connectivity index (χ4v) is 4.06. The molecule has 3 aromatic carbocycles. The topological polar surface area (TPSA) is 105 Å². The van der Waals surface area contributed by atoms with E-state index < -0.39 is 11.2 Å². The molecule has 0 radical (unpaired) electrons. The summed E-state index contributed by atoms with van der Waals surface area (Å²) >= 11 is 0. The van der Waals surface area contributed by atoms with Gasteiger partial charge in [-0.05, 0) is 61.5 Å². The summed E-state index contributed by atoms with van der Waals surface area (Å²) in [5.74, 6) is 1.17. The van der Waals surface area contributed by atoms with Crippen LogP contribution in [0, 0.1) is 0 Å². The number of nitrogens with zero attached hydrogens (tertiary/aromatic N) is 1. The smallest absolute Gasteiger partial charge is 0.244 e. The molecule has 0 spiro atoms. The summed E-state index contributed by atoms with van der Waals surface area (Å²) in [6, 6.07) is 16.6. The molecule has 0 fully saturated rings. The lowest BCUT2D eigenvalue weighted by Gasteiger charge is -2.16. The number of anilines is 1. The average Bonchev–Trinajstić information content (AvgIpc) is 2.94. The molecule has 4 rings (SSSR count). The van der Waals surface area contributed by atoms with Gasteiger partial charge in [0.25, 0.3) is 0 Å². The highest BCUT2D eigenvalue weighted by molar-refractivity contribution is 6.10. The molecule has 1 N–H and O–H groups in total. The zero-order valence-electron chi connectivity index (χ0n) is 21.6. The first-order valence-electron chi connectivity index (χ1n) is 11.9. The van der Waals surface area contributed by atoms with Crippen LogP contribution in [0.4, 0.5) is 5.69 Å². The van der Waals surface area contributed by atoms with Gasteiger partial charge in [-0.3, -0.25) is 14.4 Å². The number of fused-ring (bicyclic) bond motifs is 1. The molecule has 0 bridgehead atoms. The Hall–Kier alpha value is -4.79. The molecule has 1 heterocycles. The maximum Gasteiger partial charge on any atom is 0.244 e. The van der Waals surface area contributed by atoms with Crippen LogP contribution in [0.3, 0.4) is 0 Å². The van der Waals surface area contributed by atoms with Gasteiger partial charge in [0, 0.05) is 23.5 Å². The van der Waals surface area contributed by atoms with Crippen molar-refractivity contribution in [1.29, 1.82) is 0 Å². The first-order valence-corrected chi connectivity index (χ1v) is 11.9. The minimum absolute atomic E-state index is 0.0777. The van der Waals surface area contributed by atoms with E-state index in [0.717, 1.165) is 0 Å². The molecule has 0 saturated carbocycles. The van der Waals surface area contributed by atoms with E-state index >= 15 is 0 Å². The predicted octanol–water partition coefficient (Wildman–Crippen LogP) is 4.30. The third kappa shape index (κ3) is 5.46.